The summed E-state index contributed by atoms with van der Waals surface area (Å²) < 4.78 is 13.3. The monoisotopic (exact) mass is 364 g/mol. The number of rotatable bonds is 6. The van der Waals surface area contributed by atoms with Crippen molar-refractivity contribution in [3.8, 4) is 11.7 Å². The molecule has 1 fully saturated rings. The van der Waals surface area contributed by atoms with E-state index in [0.717, 1.165) is 38.4 Å². The molecule has 0 bridgehead atoms. The maximum absolute atomic E-state index is 6.00. The van der Waals surface area contributed by atoms with Crippen molar-refractivity contribution in [1.29, 1.82) is 0 Å². The molecular weight excluding hydrogens is 340 g/mol. The minimum atomic E-state index is 0.198. The van der Waals surface area contributed by atoms with Crippen LogP contribution in [0.3, 0.4) is 0 Å². The summed E-state index contributed by atoms with van der Waals surface area (Å²) in [4.78, 5) is 11.2. The van der Waals surface area contributed by atoms with Crippen LogP contribution in [0.25, 0.3) is 5.95 Å². The molecule has 0 amide bonds. The van der Waals surface area contributed by atoms with Crippen LogP contribution in [0, 0.1) is 0 Å². The Bertz CT molecular complexity index is 848. The van der Waals surface area contributed by atoms with E-state index in [1.807, 2.05) is 35.0 Å². The standard InChI is InChI=1S/C21H24N4O2/c1-26-19-7-5-17(6-8-19)14-20-16-24(12-13-27-20)15-18-4-2-11-25(18)21-22-9-3-10-23-21/h2-11,20H,12-16H2,1H3. The molecule has 1 aromatic carbocycles. The Morgan fingerprint density at radius 3 is 2.70 bits per heavy atom. The van der Waals surface area contributed by atoms with Crippen molar-refractivity contribution in [2.24, 2.45) is 0 Å². The lowest BCUT2D eigenvalue weighted by atomic mass is 10.1. The fourth-order valence-corrected chi connectivity index (χ4v) is 3.46. The minimum absolute atomic E-state index is 0.198. The van der Waals surface area contributed by atoms with E-state index in [1.54, 1.807) is 19.5 Å². The van der Waals surface area contributed by atoms with Crippen molar-refractivity contribution >= 4 is 0 Å². The minimum Gasteiger partial charge on any atom is -0.497 e. The summed E-state index contributed by atoms with van der Waals surface area (Å²) in [5, 5.41) is 0. The van der Waals surface area contributed by atoms with Crippen molar-refractivity contribution < 1.29 is 9.47 Å². The SMILES string of the molecule is COc1ccc(CC2CN(Cc3cccn3-c3ncccn3)CCO2)cc1. The molecule has 6 heteroatoms. The molecule has 0 radical (unpaired) electrons. The van der Waals surface area contributed by atoms with Crippen LogP contribution in [0.1, 0.15) is 11.3 Å². The third-order valence-corrected chi connectivity index (χ3v) is 4.83. The first kappa shape index (κ1) is 17.7. The smallest absolute Gasteiger partial charge is 0.233 e. The number of methoxy groups -OCH3 is 1. The predicted octanol–water partition coefficient (Wildman–Crippen LogP) is 2.72. The Labute approximate surface area is 159 Å². The van der Waals surface area contributed by atoms with Gasteiger partial charge >= 0.3 is 0 Å². The normalized spacial score (nSPS) is 17.7. The van der Waals surface area contributed by atoms with Gasteiger partial charge in [-0.1, -0.05) is 12.1 Å². The lowest BCUT2D eigenvalue weighted by Gasteiger charge is -2.33. The van der Waals surface area contributed by atoms with Gasteiger partial charge in [0.2, 0.25) is 5.95 Å². The molecule has 4 rings (SSSR count). The zero-order valence-electron chi connectivity index (χ0n) is 15.5. The second-order valence-electron chi connectivity index (χ2n) is 6.70. The molecule has 0 N–H and O–H groups in total. The van der Waals surface area contributed by atoms with E-state index in [4.69, 9.17) is 9.47 Å². The first-order valence-electron chi connectivity index (χ1n) is 9.22. The maximum atomic E-state index is 6.00. The molecule has 0 spiro atoms. The molecule has 3 aromatic rings. The number of nitrogens with zero attached hydrogens (tertiary/aromatic N) is 4. The quantitative estimate of drug-likeness (QED) is 0.673. The van der Waals surface area contributed by atoms with Crippen molar-refractivity contribution in [2.75, 3.05) is 26.8 Å². The van der Waals surface area contributed by atoms with Gasteiger partial charge in [0.05, 0.1) is 19.8 Å². The average molecular weight is 364 g/mol. The molecule has 2 aromatic heterocycles. The van der Waals surface area contributed by atoms with Gasteiger partial charge < -0.3 is 9.47 Å². The average Bonchev–Trinajstić information content (AvgIpc) is 3.18. The summed E-state index contributed by atoms with van der Waals surface area (Å²) in [5.41, 5.74) is 2.45. The summed E-state index contributed by atoms with van der Waals surface area (Å²) in [5.74, 6) is 1.59. The molecule has 6 nitrogen and oxygen atoms in total. The summed E-state index contributed by atoms with van der Waals surface area (Å²) in [6, 6.07) is 14.2. The van der Waals surface area contributed by atoms with Crippen LogP contribution in [-0.2, 0) is 17.7 Å². The van der Waals surface area contributed by atoms with Crippen molar-refractivity contribution in [3.63, 3.8) is 0 Å². The largest absolute Gasteiger partial charge is 0.497 e. The number of hydrogen-bond donors (Lipinski definition) is 0. The fraction of sp³-hybridized carbons (Fsp3) is 0.333. The van der Waals surface area contributed by atoms with E-state index in [-0.39, 0.29) is 6.10 Å². The highest BCUT2D eigenvalue weighted by molar-refractivity contribution is 5.27. The van der Waals surface area contributed by atoms with Gasteiger partial charge in [-0.25, -0.2) is 9.97 Å². The lowest BCUT2D eigenvalue weighted by molar-refractivity contribution is -0.0309. The molecule has 1 aliphatic rings. The molecule has 1 unspecified atom stereocenters. The van der Waals surface area contributed by atoms with E-state index in [9.17, 15) is 0 Å². The fourth-order valence-electron chi connectivity index (χ4n) is 3.46. The first-order valence-corrected chi connectivity index (χ1v) is 9.22. The summed E-state index contributed by atoms with van der Waals surface area (Å²) in [6.07, 6.45) is 6.66. The summed E-state index contributed by atoms with van der Waals surface area (Å²) >= 11 is 0. The van der Waals surface area contributed by atoms with E-state index in [2.05, 4.69) is 33.1 Å². The molecule has 3 heterocycles. The second kappa shape index (κ2) is 8.33. The molecule has 1 saturated heterocycles. The maximum Gasteiger partial charge on any atom is 0.233 e. The number of aromatic nitrogens is 3. The van der Waals surface area contributed by atoms with Gasteiger partial charge in [0.25, 0.3) is 0 Å². The van der Waals surface area contributed by atoms with E-state index in [0.29, 0.717) is 5.95 Å². The first-order chi connectivity index (χ1) is 13.3. The zero-order valence-corrected chi connectivity index (χ0v) is 15.5. The van der Waals surface area contributed by atoms with Crippen molar-refractivity contribution in [1.82, 2.24) is 19.4 Å². The van der Waals surface area contributed by atoms with Crippen molar-refractivity contribution in [2.45, 2.75) is 19.1 Å². The van der Waals surface area contributed by atoms with Crippen LogP contribution in [0.2, 0.25) is 0 Å². The molecule has 1 aliphatic heterocycles. The highest BCUT2D eigenvalue weighted by Gasteiger charge is 2.22. The molecule has 27 heavy (non-hydrogen) atoms. The Morgan fingerprint density at radius 2 is 1.93 bits per heavy atom. The second-order valence-corrected chi connectivity index (χ2v) is 6.70. The van der Waals surface area contributed by atoms with Gasteiger partial charge in [0.1, 0.15) is 5.75 Å². The Hall–Kier alpha value is -2.70. The van der Waals surface area contributed by atoms with E-state index >= 15 is 0 Å². The van der Waals surface area contributed by atoms with Crippen molar-refractivity contribution in [3.05, 3.63) is 72.3 Å². The highest BCUT2D eigenvalue weighted by atomic mass is 16.5. The Kier molecular flexibility index (Phi) is 5.46. The lowest BCUT2D eigenvalue weighted by Crippen LogP contribution is -2.43. The predicted molar refractivity (Wildman–Crippen MR) is 103 cm³/mol. The van der Waals surface area contributed by atoms with Crippen LogP contribution in [0.5, 0.6) is 5.75 Å². The number of ether oxygens (including phenoxy) is 2. The number of hydrogen-bond acceptors (Lipinski definition) is 5. The van der Waals surface area contributed by atoms with Gasteiger partial charge in [-0.2, -0.15) is 0 Å². The summed E-state index contributed by atoms with van der Waals surface area (Å²) in [6.45, 7) is 3.45. The number of benzene rings is 1. The van der Waals surface area contributed by atoms with E-state index < -0.39 is 0 Å². The molecule has 0 aliphatic carbocycles. The summed E-state index contributed by atoms with van der Waals surface area (Å²) in [7, 11) is 1.69. The van der Waals surface area contributed by atoms with Crippen LogP contribution in [-0.4, -0.2) is 52.3 Å². The van der Waals surface area contributed by atoms with Gasteiger partial charge in [0.15, 0.2) is 0 Å². The van der Waals surface area contributed by atoms with Crippen LogP contribution >= 0.6 is 0 Å². The third-order valence-electron chi connectivity index (χ3n) is 4.83. The highest BCUT2D eigenvalue weighted by Crippen LogP contribution is 2.18. The molecular formula is C21H24N4O2. The topological polar surface area (TPSA) is 52.4 Å². The van der Waals surface area contributed by atoms with E-state index in [1.165, 1.54) is 11.3 Å². The third kappa shape index (κ3) is 4.35. The number of morpholine rings is 1. The van der Waals surface area contributed by atoms with Crippen LogP contribution in [0.4, 0.5) is 0 Å². The molecule has 0 saturated carbocycles. The molecule has 140 valence electrons. The van der Waals surface area contributed by atoms with Crippen LogP contribution in [0.15, 0.2) is 61.1 Å². The molecule has 1 atom stereocenters. The van der Waals surface area contributed by atoms with Crippen LogP contribution < -0.4 is 4.74 Å². The van der Waals surface area contributed by atoms with Gasteiger partial charge in [-0.05, 0) is 42.3 Å². The Balaban J connectivity index is 1.40. The Morgan fingerprint density at radius 1 is 1.11 bits per heavy atom. The van der Waals surface area contributed by atoms with Gasteiger partial charge in [-0.3, -0.25) is 9.47 Å². The van der Waals surface area contributed by atoms with Gasteiger partial charge in [0, 0.05) is 43.9 Å². The zero-order chi connectivity index (χ0) is 18.5. The van der Waals surface area contributed by atoms with Gasteiger partial charge in [-0.15, -0.1) is 0 Å².